The zero-order valence-electron chi connectivity index (χ0n) is 13.7. The number of amides is 1. The number of ether oxygens (including phenoxy) is 1. The van der Waals surface area contributed by atoms with Crippen LogP contribution in [0.5, 0.6) is 5.75 Å². The van der Waals surface area contributed by atoms with Gasteiger partial charge in [0.1, 0.15) is 17.4 Å². The van der Waals surface area contributed by atoms with Gasteiger partial charge in [0, 0.05) is 27.8 Å². The highest BCUT2D eigenvalue weighted by molar-refractivity contribution is 9.10. The largest absolute Gasteiger partial charge is 0.484 e. The van der Waals surface area contributed by atoms with Crippen LogP contribution in [0.25, 0.3) is 0 Å². The van der Waals surface area contributed by atoms with Gasteiger partial charge < -0.3 is 15.4 Å². The molecular formula is C18H16BrClFN3O2. The number of halogens is 3. The molecule has 0 saturated heterocycles. The fourth-order valence-corrected chi connectivity index (χ4v) is 4.30. The third-order valence-corrected chi connectivity index (χ3v) is 5.61. The molecule has 5 nitrogen and oxygen atoms in total. The maximum absolute atomic E-state index is 13.4. The van der Waals surface area contributed by atoms with Crippen LogP contribution in [0.3, 0.4) is 0 Å². The van der Waals surface area contributed by atoms with E-state index in [4.69, 9.17) is 16.3 Å². The van der Waals surface area contributed by atoms with Crippen molar-refractivity contribution in [3.63, 3.8) is 0 Å². The van der Waals surface area contributed by atoms with E-state index in [0.717, 1.165) is 29.6 Å². The molecule has 3 saturated carbocycles. The number of anilines is 1. The molecule has 1 amide bonds. The minimum absolute atomic E-state index is 0.0151. The van der Waals surface area contributed by atoms with Gasteiger partial charge in [-0.05, 0) is 43.5 Å². The first-order valence-electron chi connectivity index (χ1n) is 8.16. The molecule has 3 fully saturated rings. The lowest BCUT2D eigenvalue weighted by atomic mass is 9.44. The summed E-state index contributed by atoms with van der Waals surface area (Å²) in [5.74, 6) is 0.318. The van der Waals surface area contributed by atoms with Crippen molar-refractivity contribution < 1.29 is 13.9 Å². The highest BCUT2D eigenvalue weighted by atomic mass is 79.9. The molecule has 2 N–H and O–H groups in total. The van der Waals surface area contributed by atoms with E-state index >= 15 is 0 Å². The fourth-order valence-electron chi connectivity index (χ4n) is 3.85. The van der Waals surface area contributed by atoms with E-state index < -0.39 is 5.82 Å². The Labute approximate surface area is 163 Å². The molecule has 1 aromatic heterocycles. The maximum atomic E-state index is 13.4. The molecule has 1 aromatic carbocycles. The van der Waals surface area contributed by atoms with Gasteiger partial charge in [0.15, 0.2) is 6.61 Å². The quantitative estimate of drug-likeness (QED) is 0.715. The molecule has 2 bridgehead atoms. The van der Waals surface area contributed by atoms with Crippen molar-refractivity contribution in [3.8, 4) is 5.75 Å². The van der Waals surface area contributed by atoms with E-state index in [1.165, 1.54) is 18.2 Å². The number of hydrogen-bond donors (Lipinski definition) is 2. The average Bonchev–Trinajstić information content (AvgIpc) is 2.53. The number of carbonyl (C=O) groups is 1. The first-order chi connectivity index (χ1) is 12.4. The molecular weight excluding hydrogens is 425 g/mol. The molecule has 136 valence electrons. The average molecular weight is 441 g/mol. The van der Waals surface area contributed by atoms with Crippen LogP contribution in [0.1, 0.15) is 19.3 Å². The highest BCUT2D eigenvalue weighted by Gasteiger charge is 2.68. The molecule has 3 aliphatic carbocycles. The number of hydrogen-bond acceptors (Lipinski definition) is 4. The Morgan fingerprint density at radius 1 is 1.27 bits per heavy atom. The van der Waals surface area contributed by atoms with Crippen molar-refractivity contribution in [1.29, 1.82) is 0 Å². The molecule has 0 atom stereocenters. The lowest BCUT2D eigenvalue weighted by Gasteiger charge is -2.70. The summed E-state index contributed by atoms with van der Waals surface area (Å²) in [7, 11) is 0. The van der Waals surface area contributed by atoms with Gasteiger partial charge in [0.2, 0.25) is 0 Å². The van der Waals surface area contributed by atoms with Crippen LogP contribution < -0.4 is 15.4 Å². The van der Waals surface area contributed by atoms with Gasteiger partial charge in [0.25, 0.3) is 5.91 Å². The van der Waals surface area contributed by atoms with Crippen LogP contribution in [0, 0.1) is 5.82 Å². The first kappa shape index (κ1) is 17.5. The number of pyridine rings is 1. The smallest absolute Gasteiger partial charge is 0.258 e. The lowest BCUT2D eigenvalue weighted by Crippen LogP contribution is -2.81. The SMILES string of the molecule is O=C(COc1ccc(Cl)c(F)c1)NC12CC(Nc3cc(Br)ccn3)(C1)C2. The number of rotatable bonds is 6. The van der Waals surface area contributed by atoms with Crippen LogP contribution in [0.4, 0.5) is 10.2 Å². The van der Waals surface area contributed by atoms with Crippen molar-refractivity contribution in [3.05, 3.63) is 51.8 Å². The van der Waals surface area contributed by atoms with E-state index in [-0.39, 0.29) is 34.4 Å². The zero-order valence-corrected chi connectivity index (χ0v) is 16.0. The normalized spacial score (nSPS) is 25.7. The van der Waals surface area contributed by atoms with E-state index in [9.17, 15) is 9.18 Å². The predicted octanol–water partition coefficient (Wildman–Crippen LogP) is 3.92. The van der Waals surface area contributed by atoms with E-state index in [0.29, 0.717) is 0 Å². The Hall–Kier alpha value is -1.86. The highest BCUT2D eigenvalue weighted by Crippen LogP contribution is 2.61. The van der Waals surface area contributed by atoms with Gasteiger partial charge >= 0.3 is 0 Å². The molecule has 0 spiro atoms. The van der Waals surface area contributed by atoms with Crippen LogP contribution in [-0.2, 0) is 4.79 Å². The molecule has 26 heavy (non-hydrogen) atoms. The van der Waals surface area contributed by atoms with E-state index in [1.807, 2.05) is 12.1 Å². The van der Waals surface area contributed by atoms with Crippen LogP contribution in [-0.4, -0.2) is 28.6 Å². The second kappa shape index (κ2) is 6.39. The van der Waals surface area contributed by atoms with Gasteiger partial charge in [-0.1, -0.05) is 27.5 Å². The number of nitrogens with zero attached hydrogens (tertiary/aromatic N) is 1. The summed E-state index contributed by atoms with van der Waals surface area (Å²) < 4.78 is 19.7. The minimum atomic E-state index is -0.571. The second-order valence-electron chi connectivity index (χ2n) is 6.99. The molecule has 0 aliphatic heterocycles. The standard InChI is InChI=1S/C18H16BrClFN3O2/c19-11-3-4-22-15(5-11)23-17-8-18(9-17,10-17)24-16(25)7-26-12-1-2-13(20)14(21)6-12/h1-6H,7-10H2,(H,22,23)(H,24,25). The molecule has 3 aliphatic rings. The summed E-state index contributed by atoms with van der Waals surface area (Å²) in [6.45, 7) is -0.156. The number of benzene rings is 1. The van der Waals surface area contributed by atoms with Crippen LogP contribution >= 0.6 is 27.5 Å². The number of nitrogens with one attached hydrogen (secondary N) is 2. The fraction of sp³-hybridized carbons (Fsp3) is 0.333. The summed E-state index contributed by atoms with van der Waals surface area (Å²) >= 11 is 9.05. The number of aromatic nitrogens is 1. The van der Waals surface area contributed by atoms with Gasteiger partial charge in [-0.2, -0.15) is 0 Å². The third-order valence-electron chi connectivity index (χ3n) is 4.81. The molecule has 0 radical (unpaired) electrons. The third kappa shape index (κ3) is 3.38. The van der Waals surface area contributed by atoms with Gasteiger partial charge in [-0.25, -0.2) is 9.37 Å². The predicted molar refractivity (Wildman–Crippen MR) is 99.9 cm³/mol. The van der Waals surface area contributed by atoms with Crippen molar-refractivity contribution in [2.24, 2.45) is 0 Å². The Kier molecular flexibility index (Phi) is 4.31. The monoisotopic (exact) mass is 439 g/mol. The summed E-state index contributed by atoms with van der Waals surface area (Å²) in [6.07, 6.45) is 4.31. The summed E-state index contributed by atoms with van der Waals surface area (Å²) in [5.41, 5.74) is -0.147. The van der Waals surface area contributed by atoms with Crippen molar-refractivity contribution >= 4 is 39.3 Å². The molecule has 0 unspecified atom stereocenters. The number of carbonyl (C=O) groups excluding carboxylic acids is 1. The summed E-state index contributed by atoms with van der Waals surface area (Å²) in [6, 6.07) is 7.91. The van der Waals surface area contributed by atoms with Gasteiger partial charge in [0.05, 0.1) is 5.02 Å². The van der Waals surface area contributed by atoms with Crippen LogP contribution in [0.2, 0.25) is 5.02 Å². The molecule has 5 rings (SSSR count). The summed E-state index contributed by atoms with van der Waals surface area (Å²) in [4.78, 5) is 16.4. The van der Waals surface area contributed by atoms with E-state index in [2.05, 4.69) is 31.5 Å². The van der Waals surface area contributed by atoms with Crippen molar-refractivity contribution in [1.82, 2.24) is 10.3 Å². The van der Waals surface area contributed by atoms with Gasteiger partial charge in [-0.15, -0.1) is 0 Å². The Morgan fingerprint density at radius 2 is 2.04 bits per heavy atom. The molecule has 8 heteroatoms. The second-order valence-corrected chi connectivity index (χ2v) is 8.31. The molecule has 2 aromatic rings. The minimum Gasteiger partial charge on any atom is -0.484 e. The van der Waals surface area contributed by atoms with Gasteiger partial charge in [-0.3, -0.25) is 4.79 Å². The van der Waals surface area contributed by atoms with Crippen LogP contribution in [0.15, 0.2) is 41.0 Å². The van der Waals surface area contributed by atoms with Crippen molar-refractivity contribution in [2.45, 2.75) is 30.3 Å². The Morgan fingerprint density at radius 3 is 2.73 bits per heavy atom. The maximum Gasteiger partial charge on any atom is 0.258 e. The zero-order chi connectivity index (χ0) is 18.4. The van der Waals surface area contributed by atoms with E-state index in [1.54, 1.807) is 6.20 Å². The topological polar surface area (TPSA) is 63.2 Å². The Balaban J connectivity index is 1.25. The summed E-state index contributed by atoms with van der Waals surface area (Å²) in [5, 5.41) is 6.50. The Bertz CT molecular complexity index is 859. The van der Waals surface area contributed by atoms with Crippen molar-refractivity contribution in [2.75, 3.05) is 11.9 Å². The first-order valence-corrected chi connectivity index (χ1v) is 9.33. The lowest BCUT2D eigenvalue weighted by molar-refractivity contribution is -0.135. The molecule has 1 heterocycles.